The standard InChI is InChI=1S/C21H36N12O9/c22-18(40)13(10-34)32-20(42)12(7-17(38)39)31-16(37)9-28-19(41)11(3-1-5-26-21(23)24)30-15(36)8-27-14(35)4-2-6-29-33-25/h11-13,34H,1-10H2,(H2,22,40)(H,27,35)(H,28,41)(H,30,36)(H,31,37)(H,32,42)(H,38,39)(H4,23,24,26). The van der Waals surface area contributed by atoms with Crippen LogP contribution in [0.2, 0.25) is 0 Å². The first-order valence-electron chi connectivity index (χ1n) is 12.4. The van der Waals surface area contributed by atoms with Gasteiger partial charge in [-0.1, -0.05) is 5.11 Å². The molecule has 0 aliphatic rings. The van der Waals surface area contributed by atoms with E-state index in [4.69, 9.17) is 32.6 Å². The summed E-state index contributed by atoms with van der Waals surface area (Å²) < 4.78 is 0. The van der Waals surface area contributed by atoms with E-state index in [1.165, 1.54) is 0 Å². The van der Waals surface area contributed by atoms with Crippen LogP contribution >= 0.6 is 0 Å². The number of primary amides is 1. The minimum absolute atomic E-state index is 0.00781. The first-order valence-corrected chi connectivity index (χ1v) is 12.4. The molecule has 0 aliphatic carbocycles. The first kappa shape index (κ1) is 36.8. The molecular weight excluding hydrogens is 564 g/mol. The molecule has 0 heterocycles. The van der Waals surface area contributed by atoms with Gasteiger partial charge in [-0.15, -0.1) is 0 Å². The van der Waals surface area contributed by atoms with Crippen LogP contribution in [0.5, 0.6) is 0 Å². The number of amides is 6. The van der Waals surface area contributed by atoms with Gasteiger partial charge in [0.05, 0.1) is 26.1 Å². The van der Waals surface area contributed by atoms with Gasteiger partial charge in [0.2, 0.25) is 35.4 Å². The van der Waals surface area contributed by atoms with Crippen molar-refractivity contribution in [3.05, 3.63) is 10.4 Å². The van der Waals surface area contributed by atoms with Gasteiger partial charge in [-0.3, -0.25) is 39.0 Å². The molecule has 13 N–H and O–H groups in total. The number of carbonyl (C=O) groups is 7. The zero-order valence-corrected chi connectivity index (χ0v) is 22.6. The van der Waals surface area contributed by atoms with Crippen LogP contribution in [0.3, 0.4) is 0 Å². The topological polar surface area (TPSA) is 357 Å². The number of rotatable bonds is 21. The smallest absolute Gasteiger partial charge is 0.305 e. The molecule has 42 heavy (non-hydrogen) atoms. The molecule has 0 saturated heterocycles. The molecule has 0 aromatic heterocycles. The van der Waals surface area contributed by atoms with Crippen LogP contribution in [-0.4, -0.2) is 108 Å². The number of hydrogen-bond acceptors (Lipinski definition) is 10. The Bertz CT molecular complexity index is 1050. The van der Waals surface area contributed by atoms with Crippen LogP contribution in [0.25, 0.3) is 10.4 Å². The second-order valence-corrected chi connectivity index (χ2v) is 8.52. The third kappa shape index (κ3) is 17.4. The van der Waals surface area contributed by atoms with Gasteiger partial charge in [0, 0.05) is 24.4 Å². The molecule has 0 aromatic carbocycles. The van der Waals surface area contributed by atoms with Crippen molar-refractivity contribution >= 4 is 47.4 Å². The highest BCUT2D eigenvalue weighted by Gasteiger charge is 2.28. The van der Waals surface area contributed by atoms with E-state index in [1.54, 1.807) is 0 Å². The second kappa shape index (κ2) is 20.7. The molecule has 0 fully saturated rings. The van der Waals surface area contributed by atoms with E-state index >= 15 is 0 Å². The highest BCUT2D eigenvalue weighted by Crippen LogP contribution is 1.99. The van der Waals surface area contributed by atoms with E-state index in [-0.39, 0.29) is 44.7 Å². The predicted molar refractivity (Wildman–Crippen MR) is 143 cm³/mol. The van der Waals surface area contributed by atoms with Gasteiger partial charge >= 0.3 is 5.97 Å². The molecule has 234 valence electrons. The average molecular weight is 601 g/mol. The number of aliphatic carboxylic acids is 1. The predicted octanol–water partition coefficient (Wildman–Crippen LogP) is -5.02. The largest absolute Gasteiger partial charge is 0.481 e. The third-order valence-electron chi connectivity index (χ3n) is 5.10. The maximum Gasteiger partial charge on any atom is 0.305 e. The normalized spacial score (nSPS) is 12.2. The summed E-state index contributed by atoms with van der Waals surface area (Å²) in [7, 11) is 0. The molecule has 21 nitrogen and oxygen atoms in total. The third-order valence-corrected chi connectivity index (χ3v) is 5.10. The summed E-state index contributed by atoms with van der Waals surface area (Å²) >= 11 is 0. The van der Waals surface area contributed by atoms with Crippen molar-refractivity contribution in [3.8, 4) is 0 Å². The van der Waals surface area contributed by atoms with E-state index in [0.717, 1.165) is 0 Å². The highest BCUT2D eigenvalue weighted by atomic mass is 16.4. The van der Waals surface area contributed by atoms with Crippen molar-refractivity contribution in [1.82, 2.24) is 31.9 Å². The quantitative estimate of drug-likeness (QED) is 0.0148. The molecule has 0 spiro atoms. The minimum Gasteiger partial charge on any atom is -0.481 e. The molecule has 21 heteroatoms. The van der Waals surface area contributed by atoms with Gasteiger partial charge in [-0.05, 0) is 24.8 Å². The van der Waals surface area contributed by atoms with Crippen LogP contribution in [0.4, 0.5) is 0 Å². The Hall–Kier alpha value is -5.17. The molecule has 6 amide bonds. The first-order chi connectivity index (χ1) is 19.8. The fourth-order valence-corrected chi connectivity index (χ4v) is 3.06. The van der Waals surface area contributed by atoms with Gasteiger partial charge < -0.3 is 53.6 Å². The average Bonchev–Trinajstić information content (AvgIpc) is 2.92. The van der Waals surface area contributed by atoms with Gasteiger partial charge in [0.25, 0.3) is 0 Å². The number of azide groups is 1. The molecule has 0 rings (SSSR count). The lowest BCUT2D eigenvalue weighted by molar-refractivity contribution is -0.141. The number of guanidine groups is 1. The number of nitrogens with two attached hydrogens (primary N) is 2. The molecule has 0 aliphatic heterocycles. The lowest BCUT2D eigenvalue weighted by atomic mass is 10.1. The van der Waals surface area contributed by atoms with Crippen molar-refractivity contribution < 1.29 is 43.8 Å². The van der Waals surface area contributed by atoms with Crippen LogP contribution in [0, 0.1) is 5.41 Å². The maximum absolute atomic E-state index is 12.7. The fourth-order valence-electron chi connectivity index (χ4n) is 3.06. The molecule has 0 radical (unpaired) electrons. The van der Waals surface area contributed by atoms with Crippen LogP contribution < -0.4 is 43.4 Å². The fraction of sp³-hybridized carbons (Fsp3) is 0.619. The summed E-state index contributed by atoms with van der Waals surface area (Å²) in [5.74, 6) is -7.11. The van der Waals surface area contributed by atoms with Gasteiger partial charge in [0.1, 0.15) is 18.1 Å². The second-order valence-electron chi connectivity index (χ2n) is 8.52. The molecule has 0 saturated carbocycles. The van der Waals surface area contributed by atoms with Gasteiger partial charge in [0.15, 0.2) is 5.96 Å². The maximum atomic E-state index is 12.7. The Balaban J connectivity index is 5.16. The van der Waals surface area contributed by atoms with E-state index in [0.29, 0.717) is 0 Å². The summed E-state index contributed by atoms with van der Waals surface area (Å²) in [5.41, 5.74) is 18.4. The lowest BCUT2D eigenvalue weighted by Gasteiger charge is -2.21. The Morgan fingerprint density at radius 1 is 0.833 bits per heavy atom. The summed E-state index contributed by atoms with van der Waals surface area (Å²) in [6.07, 6.45) is -0.397. The van der Waals surface area contributed by atoms with Gasteiger partial charge in [-0.25, -0.2) is 0 Å². The van der Waals surface area contributed by atoms with E-state index < -0.39 is 85.7 Å². The summed E-state index contributed by atoms with van der Waals surface area (Å²) in [6, 6.07) is -4.43. The number of hydrogen-bond donors (Lipinski definition) is 11. The minimum atomic E-state index is -1.69. The number of aliphatic hydroxyl groups is 1. The molecule has 3 unspecified atom stereocenters. The van der Waals surface area contributed by atoms with Crippen molar-refractivity contribution in [1.29, 1.82) is 5.41 Å². The zero-order chi connectivity index (χ0) is 32.1. The summed E-state index contributed by atoms with van der Waals surface area (Å²) in [5, 5.41) is 42.2. The SMILES string of the molecule is [N-]=[N+]=NCCCC(=O)NCC(=O)NC(CCCNC(=N)N)C(=O)NCC(=O)NC(CC(=O)O)C(=O)NC(CO)C(N)=O. The Morgan fingerprint density at radius 2 is 1.45 bits per heavy atom. The number of carboxylic acids is 1. The number of aliphatic hydroxyl groups excluding tert-OH is 1. The van der Waals surface area contributed by atoms with Crippen LogP contribution in [0.15, 0.2) is 5.11 Å². The Labute approximate surface area is 239 Å². The molecule has 0 bridgehead atoms. The Morgan fingerprint density at radius 3 is 2.00 bits per heavy atom. The van der Waals surface area contributed by atoms with Crippen molar-refractivity contribution in [2.24, 2.45) is 16.6 Å². The number of nitrogens with zero attached hydrogens (tertiary/aromatic N) is 3. The number of nitrogens with one attached hydrogen (secondary N) is 7. The van der Waals surface area contributed by atoms with Gasteiger partial charge in [-0.2, -0.15) is 0 Å². The summed E-state index contributed by atoms with van der Waals surface area (Å²) in [4.78, 5) is 86.5. The zero-order valence-electron chi connectivity index (χ0n) is 22.6. The van der Waals surface area contributed by atoms with Crippen molar-refractivity contribution in [2.75, 3.05) is 32.8 Å². The molecule has 3 atom stereocenters. The monoisotopic (exact) mass is 600 g/mol. The van der Waals surface area contributed by atoms with E-state index in [2.05, 4.69) is 36.6 Å². The Kier molecular flexibility index (Phi) is 18.1. The van der Waals surface area contributed by atoms with Crippen molar-refractivity contribution in [3.63, 3.8) is 0 Å². The number of carbonyl (C=O) groups excluding carboxylic acids is 6. The van der Waals surface area contributed by atoms with Crippen LogP contribution in [-0.2, 0) is 33.6 Å². The molecular formula is C21H36N12O9. The van der Waals surface area contributed by atoms with E-state index in [1.807, 2.05) is 5.32 Å². The van der Waals surface area contributed by atoms with Crippen molar-refractivity contribution in [2.45, 2.75) is 50.2 Å². The number of carboxylic acid groups (broad SMARTS) is 1. The van der Waals surface area contributed by atoms with Crippen LogP contribution in [0.1, 0.15) is 32.1 Å². The molecule has 0 aromatic rings. The summed E-state index contributed by atoms with van der Waals surface area (Å²) in [6.45, 7) is -1.84. The van der Waals surface area contributed by atoms with E-state index in [9.17, 15) is 33.6 Å². The lowest BCUT2D eigenvalue weighted by Crippen LogP contribution is -2.56. The highest BCUT2D eigenvalue weighted by molar-refractivity contribution is 5.95.